The second kappa shape index (κ2) is 11.5. The van der Waals surface area contributed by atoms with Gasteiger partial charge in [0.1, 0.15) is 11.6 Å². The Labute approximate surface area is 224 Å². The quantitative estimate of drug-likeness (QED) is 0.339. The van der Waals surface area contributed by atoms with Gasteiger partial charge in [-0.3, -0.25) is 4.79 Å². The number of carbonyl (C=O) groups is 1. The zero-order valence-corrected chi connectivity index (χ0v) is 22.4. The molecule has 3 aromatic carbocycles. The highest BCUT2D eigenvalue weighted by Gasteiger charge is 2.35. The fraction of sp³-hybridized carbons (Fsp3) is 0.406. The number of ether oxygens (including phenoxy) is 3. The highest BCUT2D eigenvalue weighted by atomic mass is 19.1. The van der Waals surface area contributed by atoms with E-state index < -0.39 is 0 Å². The van der Waals surface area contributed by atoms with Crippen LogP contribution in [0.4, 0.5) is 4.39 Å². The van der Waals surface area contributed by atoms with Crippen LogP contribution >= 0.6 is 0 Å². The van der Waals surface area contributed by atoms with E-state index in [1.165, 1.54) is 17.7 Å². The van der Waals surface area contributed by atoms with Gasteiger partial charge in [-0.25, -0.2) is 4.39 Å². The maximum atomic E-state index is 13.6. The van der Waals surface area contributed by atoms with Gasteiger partial charge in [0.2, 0.25) is 12.7 Å². The van der Waals surface area contributed by atoms with Gasteiger partial charge in [0, 0.05) is 25.1 Å². The van der Waals surface area contributed by atoms with Gasteiger partial charge in [-0.2, -0.15) is 0 Å². The Kier molecular flexibility index (Phi) is 7.87. The summed E-state index contributed by atoms with van der Waals surface area (Å²) >= 11 is 0. The molecule has 3 aromatic rings. The van der Waals surface area contributed by atoms with Gasteiger partial charge in [0.05, 0.1) is 12.5 Å². The lowest BCUT2D eigenvalue weighted by Gasteiger charge is -2.39. The molecule has 38 heavy (non-hydrogen) atoms. The fourth-order valence-electron chi connectivity index (χ4n) is 5.55. The average molecular weight is 518 g/mol. The molecule has 200 valence electrons. The molecule has 0 N–H and O–H groups in total. The van der Waals surface area contributed by atoms with Crippen LogP contribution in [0.3, 0.4) is 0 Å². The molecule has 0 aromatic heterocycles. The molecular weight excluding hydrogens is 481 g/mol. The number of hydrogen-bond donors (Lipinski definition) is 0. The first-order valence-corrected chi connectivity index (χ1v) is 13.5. The summed E-state index contributed by atoms with van der Waals surface area (Å²) in [6.45, 7) is 8.31. The summed E-state index contributed by atoms with van der Waals surface area (Å²) in [6, 6.07) is 20.7. The molecule has 0 spiro atoms. The van der Waals surface area contributed by atoms with Crippen LogP contribution in [-0.2, 0) is 11.2 Å². The summed E-state index contributed by atoms with van der Waals surface area (Å²) in [5.41, 5.74) is 3.41. The normalized spacial score (nSPS) is 19.4. The van der Waals surface area contributed by atoms with Gasteiger partial charge in [0.25, 0.3) is 0 Å². The van der Waals surface area contributed by atoms with Gasteiger partial charge in [-0.1, -0.05) is 50.2 Å². The lowest BCUT2D eigenvalue weighted by molar-refractivity contribution is -0.134. The first-order valence-electron chi connectivity index (χ1n) is 13.5. The zero-order valence-electron chi connectivity index (χ0n) is 22.4. The molecule has 2 aliphatic heterocycles. The topological polar surface area (TPSA) is 48.0 Å². The lowest BCUT2D eigenvalue weighted by Crippen LogP contribution is -2.46. The first kappa shape index (κ1) is 26.1. The van der Waals surface area contributed by atoms with Crippen molar-refractivity contribution in [3.05, 3.63) is 89.2 Å². The van der Waals surface area contributed by atoms with Gasteiger partial charge in [-0.15, -0.1) is 0 Å². The number of fused-ring (bicyclic) bond motifs is 1. The number of rotatable bonds is 8. The van der Waals surface area contributed by atoms with Crippen LogP contribution in [0.1, 0.15) is 55.7 Å². The minimum atomic E-state index is -0.247. The maximum Gasteiger partial charge on any atom is 0.231 e. The highest BCUT2D eigenvalue weighted by molar-refractivity contribution is 5.83. The van der Waals surface area contributed by atoms with Crippen LogP contribution in [0.15, 0.2) is 66.7 Å². The number of likely N-dealkylation sites (tertiary alicyclic amines) is 1. The van der Waals surface area contributed by atoms with E-state index in [9.17, 15) is 9.18 Å². The summed E-state index contributed by atoms with van der Waals surface area (Å²) in [5, 5.41) is 0. The lowest BCUT2D eigenvalue weighted by atomic mass is 9.80. The van der Waals surface area contributed by atoms with Crippen LogP contribution in [0.5, 0.6) is 17.2 Å². The number of halogens is 1. The van der Waals surface area contributed by atoms with Crippen molar-refractivity contribution in [1.29, 1.82) is 0 Å². The van der Waals surface area contributed by atoms with Crippen molar-refractivity contribution in [3.8, 4) is 17.2 Å². The minimum Gasteiger partial charge on any atom is -0.493 e. The number of carbonyl (C=O) groups excluding carboxylic acids is 1. The summed E-state index contributed by atoms with van der Waals surface area (Å²) in [7, 11) is 0. The third-order valence-corrected chi connectivity index (χ3v) is 7.65. The van der Waals surface area contributed by atoms with E-state index in [4.69, 9.17) is 14.2 Å². The molecule has 6 heteroatoms. The third-order valence-electron chi connectivity index (χ3n) is 7.65. The molecule has 1 amide bonds. The largest absolute Gasteiger partial charge is 0.493 e. The summed E-state index contributed by atoms with van der Waals surface area (Å²) in [5.74, 6) is 2.57. The Bertz CT molecular complexity index is 1240. The van der Waals surface area contributed by atoms with Crippen molar-refractivity contribution < 1.29 is 23.4 Å². The predicted octanol–water partition coefficient (Wildman–Crippen LogP) is 6.57. The van der Waals surface area contributed by atoms with E-state index in [0.717, 1.165) is 24.0 Å². The number of benzene rings is 3. The Balaban J connectivity index is 1.30. The number of hydrogen-bond acceptors (Lipinski definition) is 4. The first-order chi connectivity index (χ1) is 18.4. The predicted molar refractivity (Wildman–Crippen MR) is 145 cm³/mol. The second-order valence-electron chi connectivity index (χ2n) is 10.9. The van der Waals surface area contributed by atoms with E-state index in [0.29, 0.717) is 42.9 Å². The van der Waals surface area contributed by atoms with Crippen LogP contribution in [0.25, 0.3) is 0 Å². The molecule has 0 saturated carbocycles. The molecule has 0 aliphatic carbocycles. The smallest absolute Gasteiger partial charge is 0.231 e. The number of piperidine rings is 1. The summed E-state index contributed by atoms with van der Waals surface area (Å²) in [6.07, 6.45) is 1.83. The third kappa shape index (κ3) is 5.95. The van der Waals surface area contributed by atoms with Gasteiger partial charge >= 0.3 is 0 Å². The van der Waals surface area contributed by atoms with Crippen LogP contribution in [0.2, 0.25) is 0 Å². The Morgan fingerprint density at radius 2 is 1.74 bits per heavy atom. The van der Waals surface area contributed by atoms with Crippen LogP contribution < -0.4 is 14.2 Å². The second-order valence-corrected chi connectivity index (χ2v) is 10.9. The van der Waals surface area contributed by atoms with E-state index in [1.54, 1.807) is 0 Å². The molecule has 5 rings (SSSR count). The van der Waals surface area contributed by atoms with E-state index >= 15 is 0 Å². The van der Waals surface area contributed by atoms with Crippen molar-refractivity contribution in [2.45, 2.75) is 45.4 Å². The molecule has 1 saturated heterocycles. The van der Waals surface area contributed by atoms with Crippen molar-refractivity contribution >= 4 is 5.91 Å². The van der Waals surface area contributed by atoms with E-state index in [-0.39, 0.29) is 36.3 Å². The van der Waals surface area contributed by atoms with E-state index in [1.807, 2.05) is 42.2 Å². The number of amides is 1. The monoisotopic (exact) mass is 517 g/mol. The van der Waals surface area contributed by atoms with Gasteiger partial charge < -0.3 is 19.1 Å². The molecule has 0 bridgehead atoms. The van der Waals surface area contributed by atoms with Gasteiger partial charge in [0.15, 0.2) is 11.5 Å². The molecule has 1 fully saturated rings. The molecule has 3 atom stereocenters. The standard InChI is InChI=1S/C32H36FNO4/c1-21(2)16-23-4-6-24(7-5-23)22(3)32(35)34-15-14-29(25-8-10-27(33)11-9-25)26(18-34)19-36-28-12-13-30-31(17-28)38-20-37-30/h4-13,17,21-22,26,29H,14-16,18-20H2,1-3H3/t22-,26-,29-/m0/s1. The van der Waals surface area contributed by atoms with Crippen molar-refractivity contribution in [2.24, 2.45) is 11.8 Å². The van der Waals surface area contributed by atoms with Gasteiger partial charge in [-0.05, 0) is 72.6 Å². The Morgan fingerprint density at radius 3 is 2.47 bits per heavy atom. The molecular formula is C32H36FNO4. The Morgan fingerprint density at radius 1 is 1.00 bits per heavy atom. The highest BCUT2D eigenvalue weighted by Crippen LogP contribution is 2.38. The van der Waals surface area contributed by atoms with Crippen LogP contribution in [-0.4, -0.2) is 37.3 Å². The van der Waals surface area contributed by atoms with Crippen molar-refractivity contribution in [2.75, 3.05) is 26.5 Å². The van der Waals surface area contributed by atoms with E-state index in [2.05, 4.69) is 38.1 Å². The summed E-state index contributed by atoms with van der Waals surface area (Å²) < 4.78 is 30.7. The average Bonchev–Trinajstić information content (AvgIpc) is 3.40. The number of nitrogens with zero attached hydrogens (tertiary/aromatic N) is 1. The molecule has 0 radical (unpaired) electrons. The maximum absolute atomic E-state index is 13.6. The molecule has 2 heterocycles. The molecule has 0 unspecified atom stereocenters. The van der Waals surface area contributed by atoms with Crippen molar-refractivity contribution in [1.82, 2.24) is 4.90 Å². The SMILES string of the molecule is CC(C)Cc1ccc([C@H](C)C(=O)N2CC[C@@H](c3ccc(F)cc3)[C@H](COc3ccc4c(c3)OCO4)C2)cc1. The van der Waals surface area contributed by atoms with Crippen molar-refractivity contribution in [3.63, 3.8) is 0 Å². The molecule has 5 nitrogen and oxygen atoms in total. The Hall–Kier alpha value is -3.54. The summed E-state index contributed by atoms with van der Waals surface area (Å²) in [4.78, 5) is 15.6. The van der Waals surface area contributed by atoms with Crippen LogP contribution in [0, 0.1) is 17.7 Å². The minimum absolute atomic E-state index is 0.0594. The zero-order chi connectivity index (χ0) is 26.6. The molecule has 2 aliphatic rings. The fourth-order valence-corrected chi connectivity index (χ4v) is 5.55.